The van der Waals surface area contributed by atoms with E-state index in [0.29, 0.717) is 48.6 Å². The van der Waals surface area contributed by atoms with E-state index in [1.807, 2.05) is 24.3 Å². The summed E-state index contributed by atoms with van der Waals surface area (Å²) in [6.07, 6.45) is 1.92. The number of likely N-dealkylation sites (tertiary alicyclic amines) is 1. The van der Waals surface area contributed by atoms with Crippen molar-refractivity contribution < 1.29 is 23.1 Å². The normalized spacial score (nSPS) is 15.0. The predicted octanol–water partition coefficient (Wildman–Crippen LogP) is 4.32. The summed E-state index contributed by atoms with van der Waals surface area (Å²) in [7, 11) is 0. The quantitative estimate of drug-likeness (QED) is 0.516. The van der Waals surface area contributed by atoms with E-state index in [1.54, 1.807) is 25.1 Å². The van der Waals surface area contributed by atoms with Gasteiger partial charge in [-0.3, -0.25) is 9.69 Å². The summed E-state index contributed by atoms with van der Waals surface area (Å²) in [5, 5.41) is 3.70. The topological polar surface area (TPSA) is 71.8 Å². The number of carbonyl (C=O) groups is 2. The Kier molecular flexibility index (Phi) is 7.40. The lowest BCUT2D eigenvalue weighted by molar-refractivity contribution is -0.126. The first-order valence-electron chi connectivity index (χ1n) is 11.5. The molecule has 1 saturated heterocycles. The van der Waals surface area contributed by atoms with Crippen LogP contribution in [0.3, 0.4) is 0 Å². The van der Waals surface area contributed by atoms with Gasteiger partial charge in [-0.15, -0.1) is 0 Å². The molecule has 0 bridgehead atoms. The van der Waals surface area contributed by atoms with Crippen LogP contribution in [0.25, 0.3) is 11.0 Å². The van der Waals surface area contributed by atoms with Crippen molar-refractivity contribution in [1.82, 2.24) is 10.2 Å². The van der Waals surface area contributed by atoms with E-state index in [-0.39, 0.29) is 23.6 Å². The number of piperidine rings is 1. The molecule has 3 aromatic rings. The minimum absolute atomic E-state index is 0.0157. The second-order valence-electron chi connectivity index (χ2n) is 8.30. The first-order valence-corrected chi connectivity index (χ1v) is 11.5. The van der Waals surface area contributed by atoms with Crippen LogP contribution in [-0.4, -0.2) is 43.0 Å². The molecule has 174 valence electrons. The highest BCUT2D eigenvalue weighted by atomic mass is 19.1. The molecule has 7 heteroatoms. The number of nitrogens with zero attached hydrogens (tertiary/aromatic N) is 1. The van der Waals surface area contributed by atoms with Crippen molar-refractivity contribution in [1.29, 1.82) is 0 Å². The Hall–Kier alpha value is -3.19. The molecule has 2 heterocycles. The van der Waals surface area contributed by atoms with Crippen molar-refractivity contribution in [3.8, 4) is 0 Å². The van der Waals surface area contributed by atoms with Gasteiger partial charge in [0.2, 0.25) is 5.91 Å². The number of rotatable bonds is 8. The largest absolute Gasteiger partial charge is 0.462 e. The maximum atomic E-state index is 13.7. The standard InChI is InChI=1S/C26H29FN2O4/c1-2-32-26(31)24-20-8-4-6-10-22(20)33-23(24)17-29-15-12-19(13-16-29)25(30)28-14-11-18-7-3-5-9-21(18)27/h3-10,19H,2,11-17H2,1H3,(H,28,30). The van der Waals surface area contributed by atoms with Gasteiger partial charge in [-0.1, -0.05) is 36.4 Å². The third-order valence-corrected chi connectivity index (χ3v) is 6.12. The minimum atomic E-state index is -0.374. The van der Waals surface area contributed by atoms with Gasteiger partial charge in [0.25, 0.3) is 0 Å². The summed E-state index contributed by atoms with van der Waals surface area (Å²) in [6, 6.07) is 14.1. The van der Waals surface area contributed by atoms with Crippen molar-refractivity contribution in [2.24, 2.45) is 5.92 Å². The Morgan fingerprint density at radius 1 is 1.12 bits per heavy atom. The maximum Gasteiger partial charge on any atom is 0.342 e. The van der Waals surface area contributed by atoms with Gasteiger partial charge < -0.3 is 14.5 Å². The van der Waals surface area contributed by atoms with Crippen LogP contribution in [0, 0.1) is 11.7 Å². The fraction of sp³-hybridized carbons (Fsp3) is 0.385. The van der Waals surface area contributed by atoms with E-state index in [0.717, 1.165) is 31.3 Å². The lowest BCUT2D eigenvalue weighted by Gasteiger charge is -2.30. The lowest BCUT2D eigenvalue weighted by Crippen LogP contribution is -2.40. The van der Waals surface area contributed by atoms with Gasteiger partial charge >= 0.3 is 5.97 Å². The van der Waals surface area contributed by atoms with Crippen LogP contribution in [0.2, 0.25) is 0 Å². The van der Waals surface area contributed by atoms with E-state index in [4.69, 9.17) is 9.15 Å². The lowest BCUT2D eigenvalue weighted by atomic mass is 9.95. The number of furan rings is 1. The summed E-state index contributed by atoms with van der Waals surface area (Å²) in [4.78, 5) is 27.3. The molecule has 1 aliphatic rings. The van der Waals surface area contributed by atoms with E-state index >= 15 is 0 Å². The van der Waals surface area contributed by atoms with E-state index in [9.17, 15) is 14.0 Å². The monoisotopic (exact) mass is 452 g/mol. The molecule has 1 aliphatic heterocycles. The maximum absolute atomic E-state index is 13.7. The molecule has 6 nitrogen and oxygen atoms in total. The summed E-state index contributed by atoms with van der Waals surface area (Å²) < 4.78 is 25.0. The molecule has 1 amide bonds. The SMILES string of the molecule is CCOC(=O)c1c(CN2CCC(C(=O)NCCc3ccccc3F)CC2)oc2ccccc12. The van der Waals surface area contributed by atoms with Gasteiger partial charge in [-0.2, -0.15) is 0 Å². The second-order valence-corrected chi connectivity index (χ2v) is 8.30. The highest BCUT2D eigenvalue weighted by molar-refractivity contribution is 6.04. The van der Waals surface area contributed by atoms with Crippen molar-refractivity contribution in [2.75, 3.05) is 26.2 Å². The molecule has 2 aromatic carbocycles. The first-order chi connectivity index (χ1) is 16.1. The second kappa shape index (κ2) is 10.6. The summed E-state index contributed by atoms with van der Waals surface area (Å²) in [5.74, 6) is -0.0687. The van der Waals surface area contributed by atoms with Crippen LogP contribution in [0.1, 0.15) is 41.4 Å². The van der Waals surface area contributed by atoms with Gasteiger partial charge in [0.05, 0.1) is 13.2 Å². The number of halogens is 1. The van der Waals surface area contributed by atoms with Crippen molar-refractivity contribution in [3.05, 3.63) is 71.2 Å². The van der Waals surface area contributed by atoms with Gasteiger partial charge in [0.15, 0.2) is 0 Å². The molecule has 0 spiro atoms. The van der Waals surface area contributed by atoms with Crippen LogP contribution in [0.5, 0.6) is 0 Å². The molecule has 0 saturated carbocycles. The van der Waals surface area contributed by atoms with Gasteiger partial charge in [-0.05, 0) is 57.0 Å². The van der Waals surface area contributed by atoms with E-state index < -0.39 is 0 Å². The number of para-hydroxylation sites is 1. The van der Waals surface area contributed by atoms with Crippen LogP contribution >= 0.6 is 0 Å². The molecule has 0 atom stereocenters. The molecule has 1 fully saturated rings. The number of benzene rings is 2. The number of nitrogens with one attached hydrogen (secondary N) is 1. The summed E-state index contributed by atoms with van der Waals surface area (Å²) >= 11 is 0. The Morgan fingerprint density at radius 2 is 1.85 bits per heavy atom. The van der Waals surface area contributed by atoms with Crippen LogP contribution < -0.4 is 5.32 Å². The first kappa shape index (κ1) is 23.0. The highest BCUT2D eigenvalue weighted by Gasteiger charge is 2.28. The zero-order valence-electron chi connectivity index (χ0n) is 18.8. The van der Waals surface area contributed by atoms with Crippen LogP contribution in [-0.2, 0) is 22.5 Å². The third kappa shape index (κ3) is 5.42. The van der Waals surface area contributed by atoms with Gasteiger partial charge in [0.1, 0.15) is 22.7 Å². The molecule has 1 aromatic heterocycles. The Bertz CT molecular complexity index is 1120. The predicted molar refractivity (Wildman–Crippen MR) is 123 cm³/mol. The molecule has 0 unspecified atom stereocenters. The number of esters is 1. The van der Waals surface area contributed by atoms with Gasteiger partial charge in [-0.25, -0.2) is 9.18 Å². The number of hydrogen-bond donors (Lipinski definition) is 1. The zero-order chi connectivity index (χ0) is 23.2. The summed E-state index contributed by atoms with van der Waals surface area (Å²) in [6.45, 7) is 4.45. The molecule has 0 aliphatic carbocycles. The van der Waals surface area contributed by atoms with E-state index in [2.05, 4.69) is 10.2 Å². The number of amides is 1. The molecule has 0 radical (unpaired) electrons. The smallest absolute Gasteiger partial charge is 0.342 e. The Labute approximate surface area is 192 Å². The highest BCUT2D eigenvalue weighted by Crippen LogP contribution is 2.29. The van der Waals surface area contributed by atoms with Crippen LogP contribution in [0.4, 0.5) is 4.39 Å². The molecular weight excluding hydrogens is 423 g/mol. The average molecular weight is 453 g/mol. The van der Waals surface area contributed by atoms with Crippen molar-refractivity contribution in [3.63, 3.8) is 0 Å². The minimum Gasteiger partial charge on any atom is -0.462 e. The third-order valence-electron chi connectivity index (χ3n) is 6.12. The van der Waals surface area contributed by atoms with Crippen LogP contribution in [0.15, 0.2) is 52.9 Å². The van der Waals surface area contributed by atoms with Crippen molar-refractivity contribution >= 4 is 22.8 Å². The molecule has 1 N–H and O–H groups in total. The number of ether oxygens (including phenoxy) is 1. The fourth-order valence-corrected chi connectivity index (χ4v) is 4.36. The number of carbonyl (C=O) groups excluding carboxylic acids is 2. The zero-order valence-corrected chi connectivity index (χ0v) is 18.8. The van der Waals surface area contributed by atoms with Gasteiger partial charge in [0, 0.05) is 17.8 Å². The average Bonchev–Trinajstić information content (AvgIpc) is 3.18. The molecule has 33 heavy (non-hydrogen) atoms. The number of hydrogen-bond acceptors (Lipinski definition) is 5. The molecule has 4 rings (SSSR count). The van der Waals surface area contributed by atoms with E-state index in [1.165, 1.54) is 6.07 Å². The molecular formula is C26H29FN2O4. The number of fused-ring (bicyclic) bond motifs is 1. The fourth-order valence-electron chi connectivity index (χ4n) is 4.36. The van der Waals surface area contributed by atoms with Crippen molar-refractivity contribution in [2.45, 2.75) is 32.7 Å². The summed E-state index contributed by atoms with van der Waals surface area (Å²) in [5.41, 5.74) is 1.76. The Balaban J connectivity index is 1.32. The Morgan fingerprint density at radius 3 is 2.61 bits per heavy atom.